The first kappa shape index (κ1) is 18.4. The van der Waals surface area contributed by atoms with E-state index in [-0.39, 0.29) is 0 Å². The summed E-state index contributed by atoms with van der Waals surface area (Å²) >= 11 is 5.12. The monoisotopic (exact) mass is 406 g/mol. The molecule has 1 aliphatic rings. The van der Waals surface area contributed by atoms with Crippen LogP contribution in [-0.4, -0.2) is 33.5 Å². The molecule has 0 unspecified atom stereocenters. The summed E-state index contributed by atoms with van der Waals surface area (Å²) in [6, 6.07) is 4.06. The number of aliphatic hydroxyl groups is 1. The molecule has 0 amide bonds. The van der Waals surface area contributed by atoms with E-state index < -0.39 is 6.10 Å². The lowest BCUT2D eigenvalue weighted by molar-refractivity contribution is 0.0409. The Bertz CT molecular complexity index is 877. The Labute approximate surface area is 165 Å². The first-order valence-electron chi connectivity index (χ1n) is 8.90. The lowest BCUT2D eigenvalue weighted by Gasteiger charge is -2.13. The third kappa shape index (κ3) is 4.12. The van der Waals surface area contributed by atoms with Crippen molar-refractivity contribution in [1.29, 1.82) is 0 Å². The number of aryl methyl sites for hydroxylation is 3. The van der Waals surface area contributed by atoms with Crippen molar-refractivity contribution in [2.45, 2.75) is 50.3 Å². The third-order valence-corrected chi connectivity index (χ3v) is 7.60. The summed E-state index contributed by atoms with van der Waals surface area (Å²) in [7, 11) is 0. The molecule has 138 valence electrons. The lowest BCUT2D eigenvalue weighted by Crippen LogP contribution is -2.18. The van der Waals surface area contributed by atoms with E-state index in [1.807, 2.05) is 35.8 Å². The van der Waals surface area contributed by atoms with Gasteiger partial charge in [0.15, 0.2) is 0 Å². The number of aliphatic hydroxyl groups excluding tert-OH is 1. The van der Waals surface area contributed by atoms with Crippen LogP contribution in [0.3, 0.4) is 0 Å². The molecular weight excluding hydrogens is 384 g/mol. The third-order valence-electron chi connectivity index (χ3n) is 4.44. The predicted octanol–water partition coefficient (Wildman–Crippen LogP) is 4.61. The number of ether oxygens (including phenoxy) is 1. The molecule has 0 bridgehead atoms. The van der Waals surface area contributed by atoms with E-state index in [1.165, 1.54) is 40.0 Å². The van der Waals surface area contributed by atoms with Gasteiger partial charge >= 0.3 is 0 Å². The maximum absolute atomic E-state index is 10.3. The van der Waals surface area contributed by atoms with Crippen LogP contribution in [0.15, 0.2) is 22.5 Å². The van der Waals surface area contributed by atoms with Gasteiger partial charge < -0.3 is 9.84 Å². The van der Waals surface area contributed by atoms with Crippen molar-refractivity contribution in [3.8, 4) is 0 Å². The molecule has 7 heteroatoms. The highest BCUT2D eigenvalue weighted by molar-refractivity contribution is 7.99. The second-order valence-electron chi connectivity index (χ2n) is 6.53. The van der Waals surface area contributed by atoms with Crippen molar-refractivity contribution in [1.82, 2.24) is 9.97 Å². The van der Waals surface area contributed by atoms with Gasteiger partial charge in [-0.2, -0.15) is 0 Å². The number of aromatic nitrogens is 2. The van der Waals surface area contributed by atoms with Gasteiger partial charge in [0, 0.05) is 20.9 Å². The number of thioether (sulfide) groups is 1. The van der Waals surface area contributed by atoms with Crippen LogP contribution in [-0.2, 0) is 24.2 Å². The molecular formula is C19H22N2O2S3. The summed E-state index contributed by atoms with van der Waals surface area (Å²) in [6.45, 7) is 2.86. The summed E-state index contributed by atoms with van der Waals surface area (Å²) in [5.41, 5.74) is 1.45. The molecule has 3 aromatic rings. The molecule has 0 saturated heterocycles. The maximum Gasteiger partial charge on any atom is 0.128 e. The van der Waals surface area contributed by atoms with Crippen LogP contribution in [0.5, 0.6) is 0 Å². The van der Waals surface area contributed by atoms with Crippen LogP contribution >= 0.6 is 34.4 Å². The van der Waals surface area contributed by atoms with Crippen LogP contribution < -0.4 is 0 Å². The van der Waals surface area contributed by atoms with Crippen LogP contribution in [0.4, 0.5) is 0 Å². The molecule has 0 fully saturated rings. The van der Waals surface area contributed by atoms with Gasteiger partial charge in [0.25, 0.3) is 0 Å². The van der Waals surface area contributed by atoms with Gasteiger partial charge in [-0.05, 0) is 49.6 Å². The van der Waals surface area contributed by atoms with E-state index in [0.717, 1.165) is 22.1 Å². The molecule has 1 atom stereocenters. The first-order chi connectivity index (χ1) is 12.7. The normalized spacial score (nSPS) is 15.3. The van der Waals surface area contributed by atoms with Gasteiger partial charge in [-0.3, -0.25) is 0 Å². The van der Waals surface area contributed by atoms with E-state index in [2.05, 4.69) is 9.97 Å². The highest BCUT2D eigenvalue weighted by atomic mass is 32.2. The first-order valence-corrected chi connectivity index (χ1v) is 11.6. The maximum atomic E-state index is 10.3. The molecule has 1 N–H and O–H groups in total. The fraction of sp³-hybridized carbons (Fsp3) is 0.474. The summed E-state index contributed by atoms with van der Waals surface area (Å²) in [4.78, 5) is 13.1. The molecule has 0 saturated carbocycles. The average molecular weight is 407 g/mol. The smallest absolute Gasteiger partial charge is 0.128 e. The summed E-state index contributed by atoms with van der Waals surface area (Å²) in [5.74, 6) is 1.39. The Hall–Kier alpha value is -0.990. The van der Waals surface area contributed by atoms with Gasteiger partial charge in [-0.15, -0.1) is 34.4 Å². The minimum atomic E-state index is -0.500. The Balaban J connectivity index is 1.42. The quantitative estimate of drug-likeness (QED) is 0.459. The standard InChI is InChI=1S/C19H22N2O2S3/c1-12-20-18(17-15-6-2-3-7-16(15)26-19(17)21-12)25-11-13(22)9-23-10-14-5-4-8-24-14/h4-5,8,13,22H,2-3,6-7,9-11H2,1H3/t13-/m0/s1. The van der Waals surface area contributed by atoms with Crippen molar-refractivity contribution >= 4 is 44.7 Å². The van der Waals surface area contributed by atoms with Gasteiger partial charge in [-0.25, -0.2) is 9.97 Å². The molecule has 0 spiro atoms. The fourth-order valence-corrected chi connectivity index (χ4v) is 6.26. The highest BCUT2D eigenvalue weighted by Crippen LogP contribution is 2.39. The molecule has 0 aromatic carbocycles. The minimum absolute atomic E-state index is 0.347. The van der Waals surface area contributed by atoms with E-state index in [9.17, 15) is 5.11 Å². The number of thiophene rings is 2. The molecule has 0 radical (unpaired) electrons. The van der Waals surface area contributed by atoms with Gasteiger partial charge in [0.2, 0.25) is 0 Å². The molecule has 3 aromatic heterocycles. The second-order valence-corrected chi connectivity index (χ2v) is 9.65. The molecule has 4 rings (SSSR count). The molecule has 1 aliphatic carbocycles. The molecule has 4 nitrogen and oxygen atoms in total. The fourth-order valence-electron chi connectivity index (χ4n) is 3.24. The Morgan fingerprint density at radius 1 is 1.31 bits per heavy atom. The van der Waals surface area contributed by atoms with E-state index in [0.29, 0.717) is 19.0 Å². The Kier molecular flexibility index (Phi) is 5.90. The summed E-state index contributed by atoms with van der Waals surface area (Å²) in [5, 5.41) is 14.6. The zero-order valence-electron chi connectivity index (χ0n) is 14.7. The molecule has 0 aliphatic heterocycles. The van der Waals surface area contributed by atoms with E-state index in [4.69, 9.17) is 4.74 Å². The van der Waals surface area contributed by atoms with Gasteiger partial charge in [0.05, 0.1) is 19.3 Å². The van der Waals surface area contributed by atoms with Gasteiger partial charge in [0.1, 0.15) is 15.7 Å². The zero-order valence-corrected chi connectivity index (χ0v) is 17.2. The topological polar surface area (TPSA) is 55.2 Å². The largest absolute Gasteiger partial charge is 0.390 e. The van der Waals surface area contributed by atoms with Gasteiger partial charge in [-0.1, -0.05) is 6.07 Å². The van der Waals surface area contributed by atoms with E-state index >= 15 is 0 Å². The SMILES string of the molecule is Cc1nc(SC[C@@H](O)COCc2cccs2)c2c3c(sc2n1)CCCC3. The van der Waals surface area contributed by atoms with Crippen LogP contribution in [0, 0.1) is 6.92 Å². The summed E-state index contributed by atoms with van der Waals surface area (Å²) < 4.78 is 5.63. The predicted molar refractivity (Wildman–Crippen MR) is 109 cm³/mol. The molecule has 3 heterocycles. The van der Waals surface area contributed by atoms with Crippen molar-refractivity contribution < 1.29 is 9.84 Å². The zero-order chi connectivity index (χ0) is 17.9. The Morgan fingerprint density at radius 2 is 2.19 bits per heavy atom. The number of rotatable bonds is 7. The van der Waals surface area contributed by atoms with Crippen LogP contribution in [0.2, 0.25) is 0 Å². The average Bonchev–Trinajstić information content (AvgIpc) is 3.26. The number of hydrogen-bond acceptors (Lipinski definition) is 7. The van der Waals surface area contributed by atoms with Crippen molar-refractivity contribution in [2.24, 2.45) is 0 Å². The van der Waals surface area contributed by atoms with Crippen molar-refractivity contribution in [3.63, 3.8) is 0 Å². The van der Waals surface area contributed by atoms with Crippen LogP contribution in [0.25, 0.3) is 10.2 Å². The number of fused-ring (bicyclic) bond motifs is 3. The van der Waals surface area contributed by atoms with E-state index in [1.54, 1.807) is 23.1 Å². The number of nitrogens with zero attached hydrogens (tertiary/aromatic N) is 2. The minimum Gasteiger partial charge on any atom is -0.390 e. The van der Waals surface area contributed by atoms with Crippen molar-refractivity contribution in [2.75, 3.05) is 12.4 Å². The Morgan fingerprint density at radius 3 is 3.04 bits per heavy atom. The van der Waals surface area contributed by atoms with Crippen molar-refractivity contribution in [3.05, 3.63) is 38.7 Å². The van der Waals surface area contributed by atoms with Crippen LogP contribution in [0.1, 0.15) is 34.0 Å². The number of hydrogen-bond donors (Lipinski definition) is 1. The lowest BCUT2D eigenvalue weighted by atomic mass is 9.97. The summed E-state index contributed by atoms with van der Waals surface area (Å²) in [6.07, 6.45) is 4.31. The highest BCUT2D eigenvalue weighted by Gasteiger charge is 2.21. The molecule has 26 heavy (non-hydrogen) atoms. The second kappa shape index (κ2) is 8.35.